The average Bonchev–Trinajstić information content (AvgIpc) is 2.06. The first kappa shape index (κ1) is 7.81. The summed E-state index contributed by atoms with van der Waals surface area (Å²) in [6, 6.07) is 3.74. The number of rotatable bonds is 3. The molecule has 0 spiro atoms. The molecule has 0 unspecified atom stereocenters. The van der Waals surface area contributed by atoms with Crippen molar-refractivity contribution in [2.24, 2.45) is 5.84 Å². The van der Waals surface area contributed by atoms with Crippen LogP contribution in [0.15, 0.2) is 18.3 Å². The highest BCUT2D eigenvalue weighted by atomic mass is 15.2. The van der Waals surface area contributed by atoms with E-state index in [1.165, 1.54) is 0 Å². The molecule has 1 aromatic rings. The highest BCUT2D eigenvalue weighted by Crippen LogP contribution is 2.09. The molecule has 0 fully saturated rings. The lowest BCUT2D eigenvalue weighted by Gasteiger charge is -2.03. The zero-order valence-corrected chi connectivity index (χ0v) is 6.46. The van der Waals surface area contributed by atoms with Gasteiger partial charge < -0.3 is 10.7 Å². The van der Waals surface area contributed by atoms with Gasteiger partial charge in [0.25, 0.3) is 0 Å². The van der Waals surface area contributed by atoms with Crippen LogP contribution in [0.1, 0.15) is 6.92 Å². The fourth-order valence-electron chi connectivity index (χ4n) is 0.824. The normalized spacial score (nSPS) is 9.27. The Morgan fingerprint density at radius 3 is 3.09 bits per heavy atom. The van der Waals surface area contributed by atoms with E-state index in [1.54, 1.807) is 6.20 Å². The van der Waals surface area contributed by atoms with Gasteiger partial charge in [0, 0.05) is 24.5 Å². The van der Waals surface area contributed by atoms with Crippen LogP contribution < -0.4 is 16.6 Å². The molecular weight excluding hydrogens is 140 g/mol. The summed E-state index contributed by atoms with van der Waals surface area (Å²) in [5.74, 6) is 5.84. The summed E-state index contributed by atoms with van der Waals surface area (Å²) in [6.07, 6.45) is 1.70. The van der Waals surface area contributed by atoms with E-state index < -0.39 is 0 Å². The monoisotopic (exact) mass is 152 g/mol. The second-order valence-corrected chi connectivity index (χ2v) is 2.10. The van der Waals surface area contributed by atoms with E-state index in [-0.39, 0.29) is 0 Å². The third kappa shape index (κ3) is 2.09. The van der Waals surface area contributed by atoms with E-state index in [0.29, 0.717) is 5.82 Å². The van der Waals surface area contributed by atoms with E-state index in [4.69, 9.17) is 5.84 Å². The second kappa shape index (κ2) is 3.78. The van der Waals surface area contributed by atoms with Crippen molar-refractivity contribution in [3.8, 4) is 0 Å². The SMILES string of the molecule is CCNc1ccnc(NN)c1. The Hall–Kier alpha value is -1.29. The van der Waals surface area contributed by atoms with Crippen LogP contribution in [0.4, 0.5) is 11.5 Å². The smallest absolute Gasteiger partial charge is 0.141 e. The minimum absolute atomic E-state index is 0.670. The zero-order valence-electron chi connectivity index (χ0n) is 6.46. The number of nitrogens with zero attached hydrogens (tertiary/aromatic N) is 1. The van der Waals surface area contributed by atoms with Gasteiger partial charge in [0.1, 0.15) is 5.82 Å². The molecule has 0 saturated heterocycles. The number of nitrogens with two attached hydrogens (primary N) is 1. The van der Waals surface area contributed by atoms with Gasteiger partial charge in [-0.05, 0) is 13.0 Å². The third-order valence-electron chi connectivity index (χ3n) is 1.29. The Morgan fingerprint density at radius 1 is 1.64 bits per heavy atom. The van der Waals surface area contributed by atoms with Crippen molar-refractivity contribution in [3.05, 3.63) is 18.3 Å². The number of anilines is 2. The largest absolute Gasteiger partial charge is 0.385 e. The Balaban J connectivity index is 2.74. The highest BCUT2D eigenvalue weighted by Gasteiger charge is 1.91. The van der Waals surface area contributed by atoms with Crippen LogP contribution in [0.3, 0.4) is 0 Å². The molecule has 0 radical (unpaired) electrons. The van der Waals surface area contributed by atoms with Crippen LogP contribution in [0.2, 0.25) is 0 Å². The summed E-state index contributed by atoms with van der Waals surface area (Å²) in [4.78, 5) is 3.96. The maximum absolute atomic E-state index is 5.17. The first-order valence-corrected chi connectivity index (χ1v) is 3.53. The molecule has 4 heteroatoms. The van der Waals surface area contributed by atoms with Gasteiger partial charge in [0.05, 0.1) is 0 Å². The van der Waals surface area contributed by atoms with Crippen LogP contribution in [0.25, 0.3) is 0 Å². The van der Waals surface area contributed by atoms with E-state index >= 15 is 0 Å². The molecule has 11 heavy (non-hydrogen) atoms. The van der Waals surface area contributed by atoms with Gasteiger partial charge in [-0.25, -0.2) is 10.8 Å². The Morgan fingerprint density at radius 2 is 2.45 bits per heavy atom. The number of nitrogens with one attached hydrogen (secondary N) is 2. The minimum atomic E-state index is 0.670. The molecule has 60 valence electrons. The molecule has 1 heterocycles. The maximum atomic E-state index is 5.17. The van der Waals surface area contributed by atoms with Gasteiger partial charge in [0.2, 0.25) is 0 Å². The van der Waals surface area contributed by atoms with Crippen LogP contribution in [-0.4, -0.2) is 11.5 Å². The van der Waals surface area contributed by atoms with Crippen molar-refractivity contribution in [3.63, 3.8) is 0 Å². The third-order valence-corrected chi connectivity index (χ3v) is 1.29. The van der Waals surface area contributed by atoms with Gasteiger partial charge in [-0.3, -0.25) is 0 Å². The fraction of sp³-hybridized carbons (Fsp3) is 0.286. The summed E-state index contributed by atoms with van der Waals surface area (Å²) < 4.78 is 0. The lowest BCUT2D eigenvalue weighted by molar-refractivity contribution is 1.18. The standard InChI is InChI=1S/C7H12N4/c1-2-9-6-3-4-10-7(5-6)11-8/h3-5H,2,8H2,1H3,(H2,9,10,11). The van der Waals surface area contributed by atoms with Crippen molar-refractivity contribution in [1.29, 1.82) is 0 Å². The highest BCUT2D eigenvalue weighted by molar-refractivity contribution is 5.51. The average molecular weight is 152 g/mol. The number of hydrogen-bond acceptors (Lipinski definition) is 4. The second-order valence-electron chi connectivity index (χ2n) is 2.10. The Labute approximate surface area is 65.8 Å². The summed E-state index contributed by atoms with van der Waals surface area (Å²) in [7, 11) is 0. The van der Waals surface area contributed by atoms with Crippen molar-refractivity contribution >= 4 is 11.5 Å². The number of aromatic nitrogens is 1. The summed E-state index contributed by atoms with van der Waals surface area (Å²) in [5, 5.41) is 3.15. The van der Waals surface area contributed by atoms with Crippen LogP contribution in [-0.2, 0) is 0 Å². The first-order valence-electron chi connectivity index (χ1n) is 3.53. The van der Waals surface area contributed by atoms with Gasteiger partial charge >= 0.3 is 0 Å². The molecule has 0 aliphatic rings. The Bertz CT molecular complexity index is 223. The number of pyridine rings is 1. The summed E-state index contributed by atoms with van der Waals surface area (Å²) in [5.41, 5.74) is 3.50. The summed E-state index contributed by atoms with van der Waals surface area (Å²) in [6.45, 7) is 2.93. The molecule has 0 bridgehead atoms. The predicted octanol–water partition coefficient (Wildman–Crippen LogP) is 0.799. The van der Waals surface area contributed by atoms with Gasteiger partial charge in [-0.2, -0.15) is 0 Å². The van der Waals surface area contributed by atoms with Gasteiger partial charge in [-0.1, -0.05) is 0 Å². The molecule has 0 aromatic carbocycles. The lowest BCUT2D eigenvalue weighted by Crippen LogP contribution is -2.08. The molecule has 4 N–H and O–H groups in total. The van der Waals surface area contributed by atoms with Crippen molar-refractivity contribution in [1.82, 2.24) is 4.98 Å². The first-order chi connectivity index (χ1) is 5.36. The maximum Gasteiger partial charge on any atom is 0.141 e. The fourth-order valence-corrected chi connectivity index (χ4v) is 0.824. The number of hydrazine groups is 1. The topological polar surface area (TPSA) is 63.0 Å². The molecule has 0 atom stereocenters. The van der Waals surface area contributed by atoms with E-state index in [9.17, 15) is 0 Å². The van der Waals surface area contributed by atoms with Crippen molar-refractivity contribution < 1.29 is 0 Å². The molecule has 0 aliphatic heterocycles. The molecule has 0 amide bonds. The predicted molar refractivity (Wildman–Crippen MR) is 46.2 cm³/mol. The van der Waals surface area contributed by atoms with Crippen LogP contribution in [0, 0.1) is 0 Å². The molecule has 4 nitrogen and oxygen atoms in total. The molecule has 0 aliphatic carbocycles. The number of hydrogen-bond donors (Lipinski definition) is 3. The van der Waals surface area contributed by atoms with Crippen LogP contribution in [0.5, 0.6) is 0 Å². The van der Waals surface area contributed by atoms with Gasteiger partial charge in [-0.15, -0.1) is 0 Å². The lowest BCUT2D eigenvalue weighted by atomic mass is 10.4. The number of nitrogen functional groups attached to an aromatic ring is 1. The van der Waals surface area contributed by atoms with Crippen molar-refractivity contribution in [2.75, 3.05) is 17.3 Å². The van der Waals surface area contributed by atoms with E-state index in [0.717, 1.165) is 12.2 Å². The molecule has 0 saturated carbocycles. The molecular formula is C7H12N4. The van der Waals surface area contributed by atoms with Crippen LogP contribution >= 0.6 is 0 Å². The van der Waals surface area contributed by atoms with Crippen molar-refractivity contribution in [2.45, 2.75) is 6.92 Å². The molecule has 1 aromatic heterocycles. The molecule has 1 rings (SSSR count). The Kier molecular flexibility index (Phi) is 2.68. The zero-order chi connectivity index (χ0) is 8.10. The quantitative estimate of drug-likeness (QED) is 0.443. The minimum Gasteiger partial charge on any atom is -0.385 e. The van der Waals surface area contributed by atoms with Gasteiger partial charge in [0.15, 0.2) is 0 Å². The van der Waals surface area contributed by atoms with E-state index in [1.807, 2.05) is 19.1 Å². The van der Waals surface area contributed by atoms with E-state index in [2.05, 4.69) is 15.7 Å². The summed E-state index contributed by atoms with van der Waals surface area (Å²) >= 11 is 0.